The van der Waals surface area contributed by atoms with E-state index in [0.717, 1.165) is 30.7 Å². The smallest absolute Gasteiger partial charge is 0.307 e. The first-order valence-corrected chi connectivity index (χ1v) is 9.45. The van der Waals surface area contributed by atoms with E-state index in [9.17, 15) is 9.90 Å². The van der Waals surface area contributed by atoms with E-state index in [0.29, 0.717) is 26.1 Å². The van der Waals surface area contributed by atoms with Crippen molar-refractivity contribution in [1.29, 1.82) is 0 Å². The number of benzene rings is 2. The van der Waals surface area contributed by atoms with Crippen LogP contribution in [0.2, 0.25) is 0 Å². The van der Waals surface area contributed by atoms with Crippen LogP contribution in [0.15, 0.2) is 65.8 Å². The van der Waals surface area contributed by atoms with Gasteiger partial charge in [0, 0.05) is 19.5 Å². The van der Waals surface area contributed by atoms with Gasteiger partial charge in [0.1, 0.15) is 6.61 Å². The van der Waals surface area contributed by atoms with Gasteiger partial charge in [-0.2, -0.15) is 0 Å². The van der Waals surface area contributed by atoms with Crippen molar-refractivity contribution >= 4 is 24.1 Å². The Morgan fingerprint density at radius 1 is 1.11 bits per heavy atom. The maximum absolute atomic E-state index is 11.2. The van der Waals surface area contributed by atoms with E-state index in [-0.39, 0.29) is 18.3 Å². The second-order valence-electron chi connectivity index (χ2n) is 6.88. The summed E-state index contributed by atoms with van der Waals surface area (Å²) < 4.78 is 0. The van der Waals surface area contributed by atoms with Crippen LogP contribution in [0.4, 0.5) is 0 Å². The van der Waals surface area contributed by atoms with Gasteiger partial charge in [0.05, 0.1) is 11.6 Å². The molecule has 6 heteroatoms. The molecule has 2 aromatic carbocycles. The van der Waals surface area contributed by atoms with Gasteiger partial charge in [0.15, 0.2) is 0 Å². The van der Waals surface area contributed by atoms with Gasteiger partial charge in [-0.05, 0) is 30.5 Å². The molecule has 1 N–H and O–H groups in total. The quantitative estimate of drug-likeness (QED) is 0.413. The zero-order valence-electron chi connectivity index (χ0n) is 15.9. The predicted octanol–water partition coefficient (Wildman–Crippen LogP) is 3.87. The van der Waals surface area contributed by atoms with Crippen LogP contribution in [-0.4, -0.2) is 47.9 Å². The van der Waals surface area contributed by atoms with Gasteiger partial charge in [-0.25, -0.2) is 0 Å². The molecule has 0 radical (unpaired) electrons. The third-order valence-corrected chi connectivity index (χ3v) is 4.85. The van der Waals surface area contributed by atoms with Crippen LogP contribution in [0.1, 0.15) is 24.0 Å². The van der Waals surface area contributed by atoms with Crippen LogP contribution in [0, 0.1) is 5.92 Å². The van der Waals surface area contributed by atoms with Crippen molar-refractivity contribution < 1.29 is 14.7 Å². The molecule has 3 rings (SSSR count). The van der Waals surface area contributed by atoms with Gasteiger partial charge < -0.3 is 9.94 Å². The minimum absolute atomic E-state index is 0. The Kier molecular flexibility index (Phi) is 8.98. The molecule has 0 saturated carbocycles. The number of oxime groups is 1. The number of carboxylic acids is 1. The molecule has 0 bridgehead atoms. The Hall–Kier alpha value is -2.37. The van der Waals surface area contributed by atoms with E-state index in [1.165, 1.54) is 5.56 Å². The summed E-state index contributed by atoms with van der Waals surface area (Å²) in [4.78, 5) is 18.9. The van der Waals surface area contributed by atoms with Crippen molar-refractivity contribution in [3.8, 4) is 0 Å². The lowest BCUT2D eigenvalue weighted by molar-refractivity contribution is -0.143. The van der Waals surface area contributed by atoms with Gasteiger partial charge in [0.2, 0.25) is 0 Å². The van der Waals surface area contributed by atoms with E-state index in [2.05, 4.69) is 22.2 Å². The number of hydrogen-bond acceptors (Lipinski definition) is 4. The molecular formula is C22H27ClN2O3. The van der Waals surface area contributed by atoms with E-state index in [1.54, 1.807) is 0 Å². The SMILES string of the molecule is Cl.O=C(O)C1CCCN(CCON=C(Cc2ccccc2)c2ccccc2)C1. The van der Waals surface area contributed by atoms with Gasteiger partial charge in [0.25, 0.3) is 0 Å². The van der Waals surface area contributed by atoms with Crippen LogP contribution >= 0.6 is 12.4 Å². The van der Waals surface area contributed by atoms with Gasteiger partial charge in [-0.15, -0.1) is 12.4 Å². The van der Waals surface area contributed by atoms with Crippen LogP contribution in [0.3, 0.4) is 0 Å². The number of carbonyl (C=O) groups is 1. The molecule has 2 aromatic rings. The van der Waals surface area contributed by atoms with Crippen LogP contribution in [-0.2, 0) is 16.1 Å². The molecule has 1 atom stereocenters. The summed E-state index contributed by atoms with van der Waals surface area (Å²) in [6.07, 6.45) is 2.39. The zero-order valence-corrected chi connectivity index (χ0v) is 16.7. The Bertz CT molecular complexity index is 753. The molecule has 1 fully saturated rings. The average Bonchev–Trinajstić information content (AvgIpc) is 2.72. The Morgan fingerprint density at radius 3 is 2.46 bits per heavy atom. The third-order valence-electron chi connectivity index (χ3n) is 4.85. The zero-order chi connectivity index (χ0) is 18.9. The highest BCUT2D eigenvalue weighted by molar-refractivity contribution is 6.01. The van der Waals surface area contributed by atoms with Crippen molar-refractivity contribution in [2.75, 3.05) is 26.2 Å². The minimum Gasteiger partial charge on any atom is -0.481 e. The lowest BCUT2D eigenvalue weighted by Crippen LogP contribution is -2.40. The fourth-order valence-corrected chi connectivity index (χ4v) is 3.36. The van der Waals surface area contributed by atoms with Crippen molar-refractivity contribution in [3.63, 3.8) is 0 Å². The fourth-order valence-electron chi connectivity index (χ4n) is 3.36. The highest BCUT2D eigenvalue weighted by atomic mass is 35.5. The lowest BCUT2D eigenvalue weighted by atomic mass is 9.98. The number of likely N-dealkylation sites (tertiary alicyclic amines) is 1. The van der Waals surface area contributed by atoms with Crippen molar-refractivity contribution in [2.45, 2.75) is 19.3 Å². The summed E-state index contributed by atoms with van der Waals surface area (Å²) in [5, 5.41) is 13.6. The molecule has 150 valence electrons. The van der Waals surface area contributed by atoms with Crippen LogP contribution in [0.5, 0.6) is 0 Å². The number of aliphatic carboxylic acids is 1. The molecule has 0 spiro atoms. The summed E-state index contributed by atoms with van der Waals surface area (Å²) >= 11 is 0. The molecule has 1 aliphatic heterocycles. The molecule has 0 amide bonds. The largest absolute Gasteiger partial charge is 0.481 e. The number of nitrogens with zero attached hydrogens (tertiary/aromatic N) is 2. The second kappa shape index (κ2) is 11.5. The number of rotatable bonds is 8. The second-order valence-corrected chi connectivity index (χ2v) is 6.88. The maximum atomic E-state index is 11.2. The van der Waals surface area contributed by atoms with E-state index in [1.807, 2.05) is 48.5 Å². The predicted molar refractivity (Wildman–Crippen MR) is 113 cm³/mol. The normalized spacial score (nSPS) is 17.6. The highest BCUT2D eigenvalue weighted by Gasteiger charge is 2.24. The van der Waals surface area contributed by atoms with Gasteiger partial charge >= 0.3 is 5.97 Å². The number of halogens is 1. The highest BCUT2D eigenvalue weighted by Crippen LogP contribution is 2.16. The lowest BCUT2D eigenvalue weighted by Gasteiger charge is -2.29. The molecule has 1 saturated heterocycles. The minimum atomic E-state index is -0.701. The summed E-state index contributed by atoms with van der Waals surface area (Å²) in [6, 6.07) is 20.3. The van der Waals surface area contributed by atoms with E-state index in [4.69, 9.17) is 4.84 Å². The number of hydrogen-bond donors (Lipinski definition) is 1. The molecule has 1 heterocycles. The van der Waals surface area contributed by atoms with Crippen molar-refractivity contribution in [1.82, 2.24) is 4.90 Å². The maximum Gasteiger partial charge on any atom is 0.307 e. The first kappa shape index (κ1) is 21.9. The van der Waals surface area contributed by atoms with Crippen molar-refractivity contribution in [3.05, 3.63) is 71.8 Å². The van der Waals surface area contributed by atoms with Gasteiger partial charge in [-0.1, -0.05) is 65.8 Å². The molecule has 5 nitrogen and oxygen atoms in total. The Labute approximate surface area is 172 Å². The summed E-state index contributed by atoms with van der Waals surface area (Å²) in [5.74, 6) is -0.965. The van der Waals surface area contributed by atoms with Crippen molar-refractivity contribution in [2.24, 2.45) is 11.1 Å². The molecule has 0 aromatic heterocycles. The Balaban J connectivity index is 0.00000280. The molecule has 1 aliphatic rings. The number of piperidine rings is 1. The molecule has 1 unspecified atom stereocenters. The summed E-state index contributed by atoms with van der Waals surface area (Å²) in [7, 11) is 0. The third kappa shape index (κ3) is 6.66. The number of carboxylic acid groups (broad SMARTS) is 1. The average molecular weight is 403 g/mol. The molecule has 28 heavy (non-hydrogen) atoms. The van der Waals surface area contributed by atoms with Gasteiger partial charge in [-0.3, -0.25) is 9.69 Å². The monoisotopic (exact) mass is 402 g/mol. The van der Waals surface area contributed by atoms with E-state index < -0.39 is 5.97 Å². The topological polar surface area (TPSA) is 62.1 Å². The Morgan fingerprint density at radius 2 is 1.79 bits per heavy atom. The molecular weight excluding hydrogens is 376 g/mol. The summed E-state index contributed by atoms with van der Waals surface area (Å²) in [5.41, 5.74) is 3.12. The fraction of sp³-hybridized carbons (Fsp3) is 0.364. The van der Waals surface area contributed by atoms with E-state index >= 15 is 0 Å². The molecule has 0 aliphatic carbocycles. The summed E-state index contributed by atoms with van der Waals surface area (Å²) in [6.45, 7) is 2.67. The first-order chi connectivity index (χ1) is 13.2. The van der Waals surface area contributed by atoms with Crippen LogP contribution < -0.4 is 0 Å². The van der Waals surface area contributed by atoms with Crippen LogP contribution in [0.25, 0.3) is 0 Å². The first-order valence-electron chi connectivity index (χ1n) is 9.45. The standard InChI is InChI=1S/C22H26N2O3.ClH/c25-22(26)20-12-7-13-24(17-20)14-15-27-23-21(19-10-5-2-6-11-19)16-18-8-3-1-4-9-18;/h1-6,8-11,20H,7,12-17H2,(H,25,26);1H.